The van der Waals surface area contributed by atoms with Crippen molar-refractivity contribution < 1.29 is 19.7 Å². The molecule has 15 heavy (non-hydrogen) atoms. The van der Waals surface area contributed by atoms with E-state index in [0.717, 1.165) is 6.07 Å². The van der Waals surface area contributed by atoms with Crippen LogP contribution in [0.2, 0.25) is 0 Å². The minimum atomic E-state index is -1.34. The molecular formula is C10H14FNO3. The molecule has 0 saturated carbocycles. The van der Waals surface area contributed by atoms with Crippen molar-refractivity contribution in [1.29, 1.82) is 0 Å². The Morgan fingerprint density at radius 3 is 2.47 bits per heavy atom. The number of hydrogen-bond acceptors (Lipinski definition) is 4. The first-order valence-electron chi connectivity index (χ1n) is 4.55. The number of halogens is 1. The highest BCUT2D eigenvalue weighted by molar-refractivity contribution is 5.26. The highest BCUT2D eigenvalue weighted by Crippen LogP contribution is 2.21. The maximum absolute atomic E-state index is 13.4. The van der Waals surface area contributed by atoms with Crippen molar-refractivity contribution in [2.75, 3.05) is 6.54 Å². The summed E-state index contributed by atoms with van der Waals surface area (Å²) in [5.74, 6) is -0.665. The van der Waals surface area contributed by atoms with Crippen LogP contribution in [-0.2, 0) is 6.61 Å². The Kier molecular flexibility index (Phi) is 4.16. The van der Waals surface area contributed by atoms with Crippen LogP contribution in [-0.4, -0.2) is 28.0 Å². The second-order valence-electron chi connectivity index (χ2n) is 3.26. The molecule has 5 N–H and O–H groups in total. The minimum absolute atomic E-state index is 0.0230. The van der Waals surface area contributed by atoms with E-state index in [1.54, 1.807) is 0 Å². The number of nitrogens with two attached hydrogens (primary N) is 1. The van der Waals surface area contributed by atoms with Crippen LogP contribution in [0.15, 0.2) is 18.2 Å². The highest BCUT2D eigenvalue weighted by Gasteiger charge is 2.20. The van der Waals surface area contributed by atoms with Crippen molar-refractivity contribution in [1.82, 2.24) is 0 Å². The van der Waals surface area contributed by atoms with Crippen LogP contribution < -0.4 is 5.73 Å². The van der Waals surface area contributed by atoms with Gasteiger partial charge in [0.25, 0.3) is 0 Å². The first-order valence-corrected chi connectivity index (χ1v) is 4.55. The highest BCUT2D eigenvalue weighted by atomic mass is 19.1. The SMILES string of the molecule is NCC(O)C(O)c1ccc(CO)cc1F. The summed E-state index contributed by atoms with van der Waals surface area (Å²) in [5, 5.41) is 27.5. The normalized spacial score (nSPS) is 15.0. The molecule has 84 valence electrons. The standard InChI is InChI=1S/C10H14FNO3/c11-8-3-6(5-13)1-2-7(8)10(15)9(14)4-12/h1-3,9-10,13-15H,4-5,12H2. The van der Waals surface area contributed by atoms with Crippen LogP contribution >= 0.6 is 0 Å². The Morgan fingerprint density at radius 1 is 1.33 bits per heavy atom. The maximum Gasteiger partial charge on any atom is 0.129 e. The van der Waals surface area contributed by atoms with Gasteiger partial charge in [0.2, 0.25) is 0 Å². The Bertz CT molecular complexity index is 332. The van der Waals surface area contributed by atoms with E-state index in [4.69, 9.17) is 10.8 Å². The van der Waals surface area contributed by atoms with Crippen LogP contribution in [0.5, 0.6) is 0 Å². The lowest BCUT2D eigenvalue weighted by molar-refractivity contribution is 0.0221. The molecule has 0 radical (unpaired) electrons. The minimum Gasteiger partial charge on any atom is -0.392 e. The summed E-state index contributed by atoms with van der Waals surface area (Å²) in [6, 6.07) is 3.91. The molecule has 5 heteroatoms. The van der Waals surface area contributed by atoms with E-state index in [9.17, 15) is 14.6 Å². The largest absolute Gasteiger partial charge is 0.392 e. The summed E-state index contributed by atoms with van der Waals surface area (Å²) in [7, 11) is 0. The molecule has 1 aromatic carbocycles. The molecule has 1 aromatic rings. The van der Waals surface area contributed by atoms with Gasteiger partial charge in [-0.15, -0.1) is 0 Å². The Hall–Kier alpha value is -1.01. The average Bonchev–Trinajstić information content (AvgIpc) is 2.26. The number of aliphatic hydroxyl groups excluding tert-OH is 3. The van der Waals surface area contributed by atoms with E-state index in [1.807, 2.05) is 0 Å². The average molecular weight is 215 g/mol. The summed E-state index contributed by atoms with van der Waals surface area (Å²) in [4.78, 5) is 0. The zero-order valence-corrected chi connectivity index (χ0v) is 8.10. The Morgan fingerprint density at radius 2 is 2.00 bits per heavy atom. The van der Waals surface area contributed by atoms with Crippen LogP contribution in [0.4, 0.5) is 4.39 Å². The van der Waals surface area contributed by atoms with Gasteiger partial charge in [0, 0.05) is 12.1 Å². The van der Waals surface area contributed by atoms with Gasteiger partial charge in [-0.25, -0.2) is 4.39 Å². The topological polar surface area (TPSA) is 86.7 Å². The van der Waals surface area contributed by atoms with Crippen molar-refractivity contribution in [3.05, 3.63) is 35.1 Å². The first kappa shape index (κ1) is 12.1. The third-order valence-electron chi connectivity index (χ3n) is 2.17. The third-order valence-corrected chi connectivity index (χ3v) is 2.17. The Balaban J connectivity index is 2.95. The van der Waals surface area contributed by atoms with Gasteiger partial charge in [0.15, 0.2) is 0 Å². The quantitative estimate of drug-likeness (QED) is 0.554. The van der Waals surface area contributed by atoms with Crippen LogP contribution in [0, 0.1) is 5.82 Å². The predicted octanol–water partition coefficient (Wildman–Crippen LogP) is -0.329. The van der Waals surface area contributed by atoms with Gasteiger partial charge < -0.3 is 21.1 Å². The molecule has 0 aliphatic rings. The lowest BCUT2D eigenvalue weighted by atomic mass is 10.0. The summed E-state index contributed by atoms with van der Waals surface area (Å²) in [5.41, 5.74) is 5.53. The monoisotopic (exact) mass is 215 g/mol. The maximum atomic E-state index is 13.4. The van der Waals surface area contributed by atoms with Crippen molar-refractivity contribution in [3.63, 3.8) is 0 Å². The summed E-state index contributed by atoms with van der Waals surface area (Å²) in [6.45, 7) is -0.422. The summed E-state index contributed by atoms with van der Waals surface area (Å²) < 4.78 is 13.4. The van der Waals surface area contributed by atoms with Crippen LogP contribution in [0.25, 0.3) is 0 Å². The molecule has 0 aromatic heterocycles. The van der Waals surface area contributed by atoms with E-state index >= 15 is 0 Å². The van der Waals surface area contributed by atoms with Crippen molar-refractivity contribution in [2.45, 2.75) is 18.8 Å². The van der Waals surface area contributed by atoms with Crippen LogP contribution in [0.3, 0.4) is 0 Å². The van der Waals surface area contributed by atoms with Crippen molar-refractivity contribution >= 4 is 0 Å². The number of aliphatic hydroxyl groups is 3. The fourth-order valence-electron chi connectivity index (χ4n) is 1.25. The molecule has 4 nitrogen and oxygen atoms in total. The summed E-state index contributed by atoms with van der Waals surface area (Å²) in [6.07, 6.45) is -2.54. The van der Waals surface area contributed by atoms with E-state index < -0.39 is 18.0 Å². The second-order valence-corrected chi connectivity index (χ2v) is 3.26. The zero-order valence-electron chi connectivity index (χ0n) is 8.10. The molecule has 0 saturated heterocycles. The smallest absolute Gasteiger partial charge is 0.129 e. The van der Waals surface area contributed by atoms with Gasteiger partial charge in [-0.1, -0.05) is 12.1 Å². The van der Waals surface area contributed by atoms with Gasteiger partial charge in [0.1, 0.15) is 11.9 Å². The molecule has 2 unspecified atom stereocenters. The van der Waals surface area contributed by atoms with E-state index in [0.29, 0.717) is 5.56 Å². The third kappa shape index (κ3) is 2.73. The lowest BCUT2D eigenvalue weighted by Crippen LogP contribution is -2.27. The fraction of sp³-hybridized carbons (Fsp3) is 0.400. The van der Waals surface area contributed by atoms with E-state index in [2.05, 4.69) is 0 Å². The molecule has 0 aliphatic carbocycles. The number of rotatable bonds is 4. The van der Waals surface area contributed by atoms with Crippen LogP contribution in [0.1, 0.15) is 17.2 Å². The summed E-state index contributed by atoms with van der Waals surface area (Å²) >= 11 is 0. The molecule has 0 spiro atoms. The molecule has 0 heterocycles. The molecule has 0 amide bonds. The lowest BCUT2D eigenvalue weighted by Gasteiger charge is -2.17. The predicted molar refractivity (Wildman–Crippen MR) is 52.3 cm³/mol. The molecule has 1 rings (SSSR count). The second kappa shape index (κ2) is 5.18. The molecule has 0 fully saturated rings. The molecule has 0 aliphatic heterocycles. The Labute approximate surface area is 86.8 Å². The molecule has 2 atom stereocenters. The van der Waals surface area contributed by atoms with Crippen molar-refractivity contribution in [2.24, 2.45) is 5.73 Å². The van der Waals surface area contributed by atoms with Gasteiger partial charge >= 0.3 is 0 Å². The zero-order chi connectivity index (χ0) is 11.4. The van der Waals surface area contributed by atoms with E-state index in [1.165, 1.54) is 12.1 Å². The van der Waals surface area contributed by atoms with Gasteiger partial charge in [-0.3, -0.25) is 0 Å². The fourth-order valence-corrected chi connectivity index (χ4v) is 1.25. The van der Waals surface area contributed by atoms with Gasteiger partial charge in [-0.2, -0.15) is 0 Å². The van der Waals surface area contributed by atoms with E-state index in [-0.39, 0.29) is 18.7 Å². The van der Waals surface area contributed by atoms with Crippen molar-refractivity contribution in [3.8, 4) is 0 Å². The molecular weight excluding hydrogens is 201 g/mol. The number of hydrogen-bond donors (Lipinski definition) is 4. The van der Waals surface area contributed by atoms with Gasteiger partial charge in [-0.05, 0) is 11.6 Å². The van der Waals surface area contributed by atoms with Gasteiger partial charge in [0.05, 0.1) is 12.7 Å². The first-order chi connectivity index (χ1) is 7.10. The number of benzene rings is 1. The molecule has 0 bridgehead atoms.